The molecule has 9 aromatic carbocycles. The number of nitrogens with zero attached hydrogens (tertiary/aromatic N) is 1. The molecule has 0 saturated heterocycles. The van der Waals surface area contributed by atoms with Gasteiger partial charge >= 0.3 is 0 Å². The zero-order valence-corrected chi connectivity index (χ0v) is 29.4. The molecule has 0 aliphatic heterocycles. The van der Waals surface area contributed by atoms with Crippen molar-refractivity contribution in [1.82, 2.24) is 4.98 Å². The molecule has 0 bridgehead atoms. The second-order valence-electron chi connectivity index (χ2n) is 14.0. The van der Waals surface area contributed by atoms with Crippen LogP contribution in [0.5, 0.6) is 0 Å². The fraction of sp³-hybridized carbons (Fsp3) is 0.0192. The number of hydrogen-bond donors (Lipinski definition) is 0. The minimum Gasteiger partial charge on any atom is -0.256 e. The van der Waals surface area contributed by atoms with Crippen molar-refractivity contribution < 1.29 is 0 Å². The van der Waals surface area contributed by atoms with Gasteiger partial charge < -0.3 is 0 Å². The van der Waals surface area contributed by atoms with E-state index in [0.29, 0.717) is 0 Å². The summed E-state index contributed by atoms with van der Waals surface area (Å²) in [4.78, 5) is 4.88. The molecule has 53 heavy (non-hydrogen) atoms. The first-order valence-electron chi connectivity index (χ1n) is 18.3. The topological polar surface area (TPSA) is 12.9 Å². The molecule has 0 spiro atoms. The number of rotatable bonds is 5. The first-order chi connectivity index (χ1) is 26.2. The molecular formula is C52H35N. The maximum absolute atomic E-state index is 4.88. The second kappa shape index (κ2) is 12.7. The smallest absolute Gasteiger partial charge is 0.0780 e. The Hall–Kier alpha value is -6.83. The summed E-state index contributed by atoms with van der Waals surface area (Å²) in [5, 5.41) is 9.98. The molecule has 0 radical (unpaired) electrons. The SMILES string of the molecule is Cc1ccc(-c2ccc(-c3c4ccccc4c(-c4ccc(-c5cccnc5-c5ccc6ccccc6c5)cc4)c4ccccc34)c3ccccc23)cc1. The van der Waals surface area contributed by atoms with E-state index < -0.39 is 0 Å². The zero-order valence-electron chi connectivity index (χ0n) is 29.4. The summed E-state index contributed by atoms with van der Waals surface area (Å²) in [6.07, 6.45) is 1.89. The summed E-state index contributed by atoms with van der Waals surface area (Å²) in [5.74, 6) is 0. The number of benzene rings is 9. The molecule has 10 aromatic rings. The van der Waals surface area contributed by atoms with E-state index in [-0.39, 0.29) is 0 Å². The molecule has 0 amide bonds. The molecule has 0 unspecified atom stereocenters. The van der Waals surface area contributed by atoms with Crippen LogP contribution in [-0.4, -0.2) is 4.98 Å². The Kier molecular flexibility index (Phi) is 7.44. The van der Waals surface area contributed by atoms with E-state index in [0.717, 1.165) is 22.4 Å². The van der Waals surface area contributed by atoms with E-state index in [4.69, 9.17) is 4.98 Å². The van der Waals surface area contributed by atoms with E-state index in [9.17, 15) is 0 Å². The van der Waals surface area contributed by atoms with Crippen LogP contribution in [0.2, 0.25) is 0 Å². The van der Waals surface area contributed by atoms with Gasteiger partial charge in [0.2, 0.25) is 0 Å². The van der Waals surface area contributed by atoms with Crippen molar-refractivity contribution in [2.24, 2.45) is 0 Å². The van der Waals surface area contributed by atoms with Crippen LogP contribution >= 0.6 is 0 Å². The predicted molar refractivity (Wildman–Crippen MR) is 226 cm³/mol. The van der Waals surface area contributed by atoms with Crippen LogP contribution in [0.4, 0.5) is 0 Å². The lowest BCUT2D eigenvalue weighted by Gasteiger charge is -2.20. The summed E-state index contributed by atoms with van der Waals surface area (Å²) < 4.78 is 0. The Labute approximate surface area is 309 Å². The van der Waals surface area contributed by atoms with Gasteiger partial charge in [-0.15, -0.1) is 0 Å². The van der Waals surface area contributed by atoms with Gasteiger partial charge in [-0.2, -0.15) is 0 Å². The fourth-order valence-corrected chi connectivity index (χ4v) is 8.25. The van der Waals surface area contributed by atoms with Crippen molar-refractivity contribution in [2.75, 3.05) is 0 Å². The summed E-state index contributed by atoms with van der Waals surface area (Å²) >= 11 is 0. The minimum absolute atomic E-state index is 0.992. The lowest BCUT2D eigenvalue weighted by molar-refractivity contribution is 1.33. The standard InChI is InChI=1S/C52H35N/c1-34-20-22-36(23-21-34)41-30-31-49(44-14-5-4-13-43(41)44)51-47-17-8-6-15-45(47)50(46-16-7-9-18-48(46)51)38-27-25-37(26-28-38)42-19-10-32-53-52(42)40-29-24-35-11-2-3-12-39(35)33-40/h2-33H,1H3. The number of pyridine rings is 1. The normalized spacial score (nSPS) is 11.5. The van der Waals surface area contributed by atoms with Crippen molar-refractivity contribution in [2.45, 2.75) is 6.92 Å². The van der Waals surface area contributed by atoms with Crippen molar-refractivity contribution in [3.63, 3.8) is 0 Å². The molecular weight excluding hydrogens is 639 g/mol. The molecule has 1 nitrogen and oxygen atoms in total. The fourth-order valence-electron chi connectivity index (χ4n) is 8.25. The van der Waals surface area contributed by atoms with Crippen LogP contribution in [0.25, 0.3) is 98.9 Å². The van der Waals surface area contributed by atoms with Gasteiger partial charge in [0.1, 0.15) is 0 Å². The van der Waals surface area contributed by atoms with E-state index in [1.54, 1.807) is 0 Å². The molecule has 1 heterocycles. The Morgan fingerprint density at radius 1 is 0.321 bits per heavy atom. The van der Waals surface area contributed by atoms with Gasteiger partial charge in [0.25, 0.3) is 0 Å². The van der Waals surface area contributed by atoms with Crippen molar-refractivity contribution in [3.8, 4) is 55.8 Å². The third-order valence-corrected chi connectivity index (χ3v) is 10.8. The van der Waals surface area contributed by atoms with Crippen molar-refractivity contribution >= 4 is 43.1 Å². The Morgan fingerprint density at radius 2 is 0.811 bits per heavy atom. The summed E-state index contributed by atoms with van der Waals surface area (Å²) in [6.45, 7) is 2.14. The number of aromatic nitrogens is 1. The molecule has 248 valence electrons. The monoisotopic (exact) mass is 673 g/mol. The van der Waals surface area contributed by atoms with Crippen LogP contribution in [0, 0.1) is 6.92 Å². The van der Waals surface area contributed by atoms with E-state index in [2.05, 4.69) is 189 Å². The highest BCUT2D eigenvalue weighted by atomic mass is 14.7. The maximum atomic E-state index is 4.88. The third kappa shape index (κ3) is 5.29. The lowest BCUT2D eigenvalue weighted by atomic mass is 9.83. The molecule has 0 aliphatic carbocycles. The molecule has 10 rings (SSSR count). The van der Waals surface area contributed by atoms with Crippen LogP contribution in [0.15, 0.2) is 194 Å². The first kappa shape index (κ1) is 30.9. The Morgan fingerprint density at radius 3 is 1.49 bits per heavy atom. The molecule has 0 saturated carbocycles. The first-order valence-corrected chi connectivity index (χ1v) is 18.3. The summed E-state index contributed by atoms with van der Waals surface area (Å²) in [7, 11) is 0. The van der Waals surface area contributed by atoms with Gasteiger partial charge in [0.15, 0.2) is 0 Å². The molecule has 0 atom stereocenters. The quantitative estimate of drug-likeness (QED) is 0.166. The van der Waals surface area contributed by atoms with E-state index >= 15 is 0 Å². The molecule has 1 aromatic heterocycles. The van der Waals surface area contributed by atoms with Crippen LogP contribution in [0.3, 0.4) is 0 Å². The van der Waals surface area contributed by atoms with Crippen LogP contribution in [0.1, 0.15) is 5.56 Å². The van der Waals surface area contributed by atoms with Gasteiger partial charge in [-0.1, -0.05) is 181 Å². The Bertz CT molecular complexity index is 2930. The highest BCUT2D eigenvalue weighted by Crippen LogP contribution is 2.46. The number of hydrogen-bond acceptors (Lipinski definition) is 1. The average molecular weight is 674 g/mol. The highest BCUT2D eigenvalue weighted by Gasteiger charge is 2.19. The highest BCUT2D eigenvalue weighted by molar-refractivity contribution is 6.24. The predicted octanol–water partition coefficient (Wildman–Crippen LogP) is 14.3. The third-order valence-electron chi connectivity index (χ3n) is 10.8. The van der Waals surface area contributed by atoms with Crippen LogP contribution in [-0.2, 0) is 0 Å². The van der Waals surface area contributed by atoms with Gasteiger partial charge in [0, 0.05) is 17.3 Å². The summed E-state index contributed by atoms with van der Waals surface area (Å²) in [6, 6.07) is 68.6. The lowest BCUT2D eigenvalue weighted by Crippen LogP contribution is -1.93. The minimum atomic E-state index is 0.992. The van der Waals surface area contributed by atoms with E-state index in [1.165, 1.54) is 82.0 Å². The average Bonchev–Trinajstić information content (AvgIpc) is 3.23. The van der Waals surface area contributed by atoms with Crippen molar-refractivity contribution in [1.29, 1.82) is 0 Å². The van der Waals surface area contributed by atoms with Gasteiger partial charge in [0.05, 0.1) is 5.69 Å². The molecule has 0 N–H and O–H groups in total. The number of fused-ring (bicyclic) bond motifs is 4. The van der Waals surface area contributed by atoms with E-state index in [1.807, 2.05) is 12.3 Å². The van der Waals surface area contributed by atoms with Gasteiger partial charge in [-0.25, -0.2) is 0 Å². The van der Waals surface area contributed by atoms with Crippen molar-refractivity contribution in [3.05, 3.63) is 200 Å². The Balaban J connectivity index is 1.14. The van der Waals surface area contributed by atoms with Gasteiger partial charge in [-0.05, 0) is 101 Å². The molecule has 0 aliphatic rings. The zero-order chi connectivity index (χ0) is 35.3. The van der Waals surface area contributed by atoms with Gasteiger partial charge in [-0.3, -0.25) is 4.98 Å². The van der Waals surface area contributed by atoms with Crippen LogP contribution < -0.4 is 0 Å². The molecule has 1 heteroatoms. The second-order valence-corrected chi connectivity index (χ2v) is 14.0. The molecule has 0 fully saturated rings. The largest absolute Gasteiger partial charge is 0.256 e. The summed E-state index contributed by atoms with van der Waals surface area (Å²) in [5.41, 5.74) is 13.1. The maximum Gasteiger partial charge on any atom is 0.0780 e. The number of aryl methyl sites for hydroxylation is 1.